The number of rotatable bonds is 5. The van der Waals surface area contributed by atoms with Crippen LogP contribution >= 0.6 is 0 Å². The molecule has 1 rings (SSSR count). The minimum atomic E-state index is -2.76. The summed E-state index contributed by atoms with van der Waals surface area (Å²) >= 11 is 0. The lowest BCUT2D eigenvalue weighted by Crippen LogP contribution is -2.26. The number of terminal acetylenes is 1. The Bertz CT molecular complexity index is 702. The average Bonchev–Trinajstić information content (AvgIpc) is 2.45. The lowest BCUT2D eigenvalue weighted by atomic mass is 10.1. The second-order valence-corrected chi connectivity index (χ2v) is 6.88. The molecule has 0 N–H and O–H groups in total. The first-order valence-electron chi connectivity index (χ1n) is 6.28. The van der Waals surface area contributed by atoms with Crippen LogP contribution in [0.1, 0.15) is 17.5 Å². The molecule has 6 heteroatoms. The monoisotopic (exact) mass is 303 g/mol. The molecular formula is C15H17N3O2S. The summed E-state index contributed by atoms with van der Waals surface area (Å²) < 4.78 is 17.3. The molecule has 0 heterocycles. The van der Waals surface area contributed by atoms with E-state index >= 15 is 0 Å². The Morgan fingerprint density at radius 2 is 2.05 bits per heavy atom. The molecule has 1 aromatic carbocycles. The van der Waals surface area contributed by atoms with Gasteiger partial charge in [0.15, 0.2) is 0 Å². The van der Waals surface area contributed by atoms with Crippen LogP contribution in [-0.2, 0) is 21.1 Å². The van der Waals surface area contributed by atoms with Crippen molar-refractivity contribution in [1.82, 2.24) is 4.31 Å². The van der Waals surface area contributed by atoms with Gasteiger partial charge in [-0.15, -0.1) is 10.8 Å². The Morgan fingerprint density at radius 1 is 1.43 bits per heavy atom. The fraction of sp³-hybridized carbons (Fsp3) is 0.333. The van der Waals surface area contributed by atoms with Gasteiger partial charge in [-0.3, -0.25) is 4.79 Å². The van der Waals surface area contributed by atoms with E-state index in [1.54, 1.807) is 31.3 Å². The lowest BCUT2D eigenvalue weighted by molar-refractivity contribution is -0.117. The first-order valence-corrected chi connectivity index (χ1v) is 8.16. The van der Waals surface area contributed by atoms with Crippen molar-refractivity contribution < 1.29 is 9.00 Å². The van der Waals surface area contributed by atoms with Crippen LogP contribution in [0.3, 0.4) is 0 Å². The SMILES string of the molecule is C#CCN(C)S(C)(=O)=NC(=O)CCc1ccc(C#N)cc1. The maximum Gasteiger partial charge on any atom is 0.255 e. The summed E-state index contributed by atoms with van der Waals surface area (Å²) in [5, 5.41) is 8.70. The number of nitrogens with zero attached hydrogens (tertiary/aromatic N) is 3. The fourth-order valence-corrected chi connectivity index (χ4v) is 2.47. The predicted molar refractivity (Wildman–Crippen MR) is 82.4 cm³/mol. The van der Waals surface area contributed by atoms with Crippen molar-refractivity contribution in [2.45, 2.75) is 12.8 Å². The van der Waals surface area contributed by atoms with Crippen LogP contribution in [-0.4, -0.2) is 34.3 Å². The summed E-state index contributed by atoms with van der Waals surface area (Å²) in [6.45, 7) is 0.168. The van der Waals surface area contributed by atoms with Gasteiger partial charge in [-0.25, -0.2) is 8.51 Å². The number of hydrogen-bond donors (Lipinski definition) is 0. The zero-order valence-corrected chi connectivity index (χ0v) is 12.9. The molecule has 0 aliphatic rings. The highest BCUT2D eigenvalue weighted by molar-refractivity contribution is 7.90. The minimum absolute atomic E-state index is 0.167. The van der Waals surface area contributed by atoms with E-state index in [9.17, 15) is 9.00 Å². The van der Waals surface area contributed by atoms with Crippen molar-refractivity contribution in [3.05, 3.63) is 35.4 Å². The van der Waals surface area contributed by atoms with Gasteiger partial charge in [0.1, 0.15) is 9.92 Å². The molecule has 0 radical (unpaired) electrons. The van der Waals surface area contributed by atoms with Crippen molar-refractivity contribution in [1.29, 1.82) is 5.26 Å². The van der Waals surface area contributed by atoms with Gasteiger partial charge in [-0.1, -0.05) is 18.1 Å². The van der Waals surface area contributed by atoms with Crippen LogP contribution in [0.15, 0.2) is 28.6 Å². The molecule has 21 heavy (non-hydrogen) atoms. The Labute approximate surface area is 125 Å². The topological polar surface area (TPSA) is 73.5 Å². The van der Waals surface area contributed by atoms with Crippen LogP contribution in [0.5, 0.6) is 0 Å². The largest absolute Gasteiger partial charge is 0.272 e. The fourth-order valence-electron chi connectivity index (χ4n) is 1.55. The minimum Gasteiger partial charge on any atom is -0.272 e. The number of carbonyl (C=O) groups is 1. The van der Waals surface area contributed by atoms with Gasteiger partial charge < -0.3 is 0 Å². The predicted octanol–water partition coefficient (Wildman–Crippen LogP) is 1.60. The van der Waals surface area contributed by atoms with Gasteiger partial charge in [0.2, 0.25) is 0 Å². The second kappa shape index (κ2) is 7.58. The van der Waals surface area contributed by atoms with E-state index in [0.717, 1.165) is 5.56 Å². The molecule has 0 bridgehead atoms. The molecule has 1 amide bonds. The smallest absolute Gasteiger partial charge is 0.255 e. The third-order valence-electron chi connectivity index (χ3n) is 2.87. The van der Waals surface area contributed by atoms with Gasteiger partial charge >= 0.3 is 0 Å². The van der Waals surface area contributed by atoms with Crippen molar-refractivity contribution in [2.75, 3.05) is 19.8 Å². The number of benzene rings is 1. The van der Waals surface area contributed by atoms with Crippen LogP contribution in [0.25, 0.3) is 0 Å². The highest BCUT2D eigenvalue weighted by Crippen LogP contribution is 2.08. The van der Waals surface area contributed by atoms with Crippen molar-refractivity contribution in [3.8, 4) is 18.4 Å². The van der Waals surface area contributed by atoms with E-state index in [1.165, 1.54) is 10.6 Å². The molecule has 110 valence electrons. The lowest BCUT2D eigenvalue weighted by Gasteiger charge is -2.14. The summed E-state index contributed by atoms with van der Waals surface area (Å²) in [6.07, 6.45) is 7.20. The maximum atomic E-state index is 12.2. The first-order chi connectivity index (χ1) is 9.89. The average molecular weight is 303 g/mol. The number of hydrogen-bond acceptors (Lipinski definition) is 3. The number of carbonyl (C=O) groups excluding carboxylic acids is 1. The van der Waals surface area contributed by atoms with Gasteiger partial charge in [0, 0.05) is 19.7 Å². The molecule has 1 unspecified atom stereocenters. The molecule has 0 saturated heterocycles. The van der Waals surface area contributed by atoms with Crippen LogP contribution in [0.2, 0.25) is 0 Å². The van der Waals surface area contributed by atoms with Crippen LogP contribution in [0, 0.1) is 23.7 Å². The summed E-state index contributed by atoms with van der Waals surface area (Å²) in [7, 11) is -1.19. The Hall–Kier alpha value is -2.15. The van der Waals surface area contributed by atoms with Crippen molar-refractivity contribution in [2.24, 2.45) is 4.36 Å². The molecule has 0 aliphatic carbocycles. The Kier molecular flexibility index (Phi) is 6.10. The van der Waals surface area contributed by atoms with E-state index in [0.29, 0.717) is 12.0 Å². The third kappa shape index (κ3) is 5.39. The zero-order valence-electron chi connectivity index (χ0n) is 12.1. The first kappa shape index (κ1) is 16.9. The van der Waals surface area contributed by atoms with Crippen molar-refractivity contribution in [3.63, 3.8) is 0 Å². The summed E-state index contributed by atoms with van der Waals surface area (Å²) in [5.41, 5.74) is 1.50. The maximum absolute atomic E-state index is 12.2. The Morgan fingerprint density at radius 3 is 2.57 bits per heavy atom. The van der Waals surface area contributed by atoms with E-state index in [1.807, 2.05) is 6.07 Å². The normalized spacial score (nSPS) is 13.0. The molecule has 0 fully saturated rings. The van der Waals surface area contributed by atoms with Crippen LogP contribution in [0.4, 0.5) is 0 Å². The van der Waals surface area contributed by atoms with E-state index in [2.05, 4.69) is 10.3 Å². The summed E-state index contributed by atoms with van der Waals surface area (Å²) in [4.78, 5) is 11.8. The molecule has 0 aromatic heterocycles. The van der Waals surface area contributed by atoms with E-state index < -0.39 is 15.8 Å². The van der Waals surface area contributed by atoms with Crippen molar-refractivity contribution >= 4 is 15.8 Å². The second-order valence-electron chi connectivity index (χ2n) is 4.55. The molecule has 5 nitrogen and oxygen atoms in total. The van der Waals surface area contributed by atoms with Gasteiger partial charge in [0.05, 0.1) is 18.2 Å². The molecule has 0 spiro atoms. The zero-order chi connectivity index (χ0) is 15.9. The molecule has 1 atom stereocenters. The molecular weight excluding hydrogens is 286 g/mol. The van der Waals surface area contributed by atoms with Crippen LogP contribution < -0.4 is 0 Å². The summed E-state index contributed by atoms with van der Waals surface area (Å²) in [5.74, 6) is 1.94. The van der Waals surface area contributed by atoms with Gasteiger partial charge in [-0.05, 0) is 24.1 Å². The van der Waals surface area contributed by atoms with E-state index in [4.69, 9.17) is 11.7 Å². The van der Waals surface area contributed by atoms with Gasteiger partial charge in [-0.2, -0.15) is 5.26 Å². The summed E-state index contributed by atoms with van der Waals surface area (Å²) in [6, 6.07) is 9.00. The quantitative estimate of drug-likeness (QED) is 0.775. The number of nitriles is 1. The molecule has 1 aromatic rings. The van der Waals surface area contributed by atoms with E-state index in [-0.39, 0.29) is 13.0 Å². The Balaban J connectivity index is 2.67. The number of amides is 1. The highest BCUT2D eigenvalue weighted by Gasteiger charge is 2.11. The highest BCUT2D eigenvalue weighted by atomic mass is 32.2. The molecule has 0 saturated carbocycles. The molecule has 0 aliphatic heterocycles. The third-order valence-corrected chi connectivity index (χ3v) is 4.70. The number of aryl methyl sites for hydroxylation is 1. The van der Waals surface area contributed by atoms with Gasteiger partial charge in [0.25, 0.3) is 5.91 Å². The standard InChI is InChI=1S/C15H17N3O2S/c1-4-11-18(2)21(3,20)17-15(19)10-9-13-5-7-14(12-16)8-6-13/h1,5-8H,9-11H2,2-3H3.